The molecule has 0 aromatic rings. The summed E-state index contributed by atoms with van der Waals surface area (Å²) >= 11 is 0. The third kappa shape index (κ3) is 12.6. The first kappa shape index (κ1) is 20.9. The Bertz CT molecular complexity index is 275. The normalized spacial score (nSPS) is 13.5. The Morgan fingerprint density at radius 3 is 1.45 bits per heavy atom. The highest BCUT2D eigenvalue weighted by Gasteiger charge is 2.11. The Morgan fingerprint density at radius 2 is 1.14 bits per heavy atom. The summed E-state index contributed by atoms with van der Waals surface area (Å²) in [6.45, 7) is 4.28. The highest BCUT2D eigenvalue weighted by molar-refractivity contribution is 5.77. The average molecular weight is 318 g/mol. The summed E-state index contributed by atoms with van der Waals surface area (Å²) < 4.78 is 9.87. The van der Waals surface area contributed by atoms with E-state index in [2.05, 4.69) is 0 Å². The van der Waals surface area contributed by atoms with E-state index < -0.39 is 24.1 Å². The molecule has 0 aliphatic heterocycles. The lowest BCUT2D eigenvalue weighted by molar-refractivity contribution is -0.151. The summed E-state index contributed by atoms with van der Waals surface area (Å²) in [6, 6.07) is 0. The largest absolute Gasteiger partial charge is 0.466 e. The van der Waals surface area contributed by atoms with Gasteiger partial charge in [-0.2, -0.15) is 0 Å². The zero-order valence-electron chi connectivity index (χ0n) is 13.8. The van der Waals surface area contributed by atoms with Gasteiger partial charge in [0.25, 0.3) is 0 Å². The topological polar surface area (TPSA) is 93.1 Å². The molecule has 0 spiro atoms. The van der Waals surface area contributed by atoms with Gasteiger partial charge in [0.05, 0.1) is 38.3 Å². The molecule has 2 N–H and O–H groups in total. The molecular weight excluding hydrogens is 288 g/mol. The van der Waals surface area contributed by atoms with Gasteiger partial charge in [-0.25, -0.2) is 0 Å². The van der Waals surface area contributed by atoms with Crippen LogP contribution in [0.1, 0.15) is 65.2 Å². The molecule has 0 saturated carbocycles. The monoisotopic (exact) mass is 318 g/mol. The lowest BCUT2D eigenvalue weighted by Crippen LogP contribution is -2.16. The molecule has 2 unspecified atom stereocenters. The van der Waals surface area contributed by atoms with Crippen LogP contribution in [0, 0.1) is 0 Å². The molecule has 130 valence electrons. The first-order chi connectivity index (χ1) is 10.5. The van der Waals surface area contributed by atoms with Crippen LogP contribution in [-0.4, -0.2) is 47.6 Å². The van der Waals surface area contributed by atoms with Crippen molar-refractivity contribution in [2.45, 2.75) is 77.4 Å². The second kappa shape index (κ2) is 13.5. The number of carbonyl (C=O) groups excluding carboxylic acids is 2. The van der Waals surface area contributed by atoms with Crippen LogP contribution in [0.15, 0.2) is 0 Å². The van der Waals surface area contributed by atoms with Crippen LogP contribution in [0.4, 0.5) is 0 Å². The van der Waals surface area contributed by atoms with E-state index in [4.69, 9.17) is 9.47 Å². The van der Waals surface area contributed by atoms with E-state index in [9.17, 15) is 19.8 Å². The molecule has 0 amide bonds. The summed E-state index contributed by atoms with van der Waals surface area (Å²) in [5.74, 6) is -0.932. The van der Waals surface area contributed by atoms with Crippen LogP contribution in [0.25, 0.3) is 0 Å². The van der Waals surface area contributed by atoms with E-state index in [1.807, 2.05) is 13.8 Å². The van der Waals surface area contributed by atoms with E-state index in [0.29, 0.717) is 25.7 Å². The molecule has 2 atom stereocenters. The lowest BCUT2D eigenvalue weighted by atomic mass is 10.1. The summed E-state index contributed by atoms with van der Waals surface area (Å²) in [4.78, 5) is 22.8. The van der Waals surface area contributed by atoms with Gasteiger partial charge in [0.2, 0.25) is 0 Å². The lowest BCUT2D eigenvalue weighted by Gasteiger charge is -2.10. The number of rotatable bonds is 13. The third-order valence-corrected chi connectivity index (χ3v) is 3.21. The molecule has 0 heterocycles. The van der Waals surface area contributed by atoms with Crippen molar-refractivity contribution in [2.24, 2.45) is 0 Å². The molecule has 0 aromatic carbocycles. The van der Waals surface area contributed by atoms with Crippen LogP contribution in [0.2, 0.25) is 0 Å². The van der Waals surface area contributed by atoms with Gasteiger partial charge in [-0.05, 0) is 12.8 Å². The summed E-state index contributed by atoms with van der Waals surface area (Å²) in [6.07, 6.45) is 3.03. The maximum atomic E-state index is 11.4. The van der Waals surface area contributed by atoms with Gasteiger partial charge in [0.15, 0.2) is 0 Å². The first-order valence-electron chi connectivity index (χ1n) is 8.16. The van der Waals surface area contributed by atoms with Crippen molar-refractivity contribution in [1.29, 1.82) is 0 Å². The van der Waals surface area contributed by atoms with Crippen molar-refractivity contribution >= 4 is 11.9 Å². The van der Waals surface area contributed by atoms with E-state index in [0.717, 1.165) is 12.8 Å². The number of hydrogen-bond donors (Lipinski definition) is 2. The van der Waals surface area contributed by atoms with Gasteiger partial charge in [0, 0.05) is 12.8 Å². The SMILES string of the molecule is CCCC(O)CCOC(=O)CCC(=O)OCCC(O)CCC. The zero-order valence-corrected chi connectivity index (χ0v) is 13.8. The smallest absolute Gasteiger partial charge is 0.306 e. The molecule has 0 aliphatic rings. The Balaban J connectivity index is 3.58. The van der Waals surface area contributed by atoms with Gasteiger partial charge in [-0.3, -0.25) is 9.59 Å². The minimum atomic E-state index is -0.466. The van der Waals surface area contributed by atoms with Crippen molar-refractivity contribution in [3.8, 4) is 0 Å². The Morgan fingerprint density at radius 1 is 0.773 bits per heavy atom. The van der Waals surface area contributed by atoms with Crippen molar-refractivity contribution in [3.05, 3.63) is 0 Å². The molecule has 0 aliphatic carbocycles. The van der Waals surface area contributed by atoms with Crippen molar-refractivity contribution in [1.82, 2.24) is 0 Å². The molecular formula is C16H30O6. The van der Waals surface area contributed by atoms with Crippen molar-refractivity contribution < 1.29 is 29.3 Å². The summed E-state index contributed by atoms with van der Waals surface area (Å²) in [7, 11) is 0. The standard InChI is InChI=1S/C16H30O6/c1-3-5-13(17)9-11-21-15(19)7-8-16(20)22-12-10-14(18)6-4-2/h13-14,17-18H,3-12H2,1-2H3. The first-order valence-corrected chi connectivity index (χ1v) is 8.16. The van der Waals surface area contributed by atoms with Gasteiger partial charge in [0.1, 0.15) is 0 Å². The van der Waals surface area contributed by atoms with Gasteiger partial charge in [-0.15, -0.1) is 0 Å². The molecule has 0 fully saturated rings. The highest BCUT2D eigenvalue weighted by Crippen LogP contribution is 2.04. The Hall–Kier alpha value is -1.14. The molecule has 0 aromatic heterocycles. The van der Waals surface area contributed by atoms with Crippen LogP contribution in [-0.2, 0) is 19.1 Å². The minimum absolute atomic E-state index is 0.0276. The number of aliphatic hydroxyl groups excluding tert-OH is 2. The molecule has 6 nitrogen and oxygen atoms in total. The van der Waals surface area contributed by atoms with Crippen LogP contribution < -0.4 is 0 Å². The van der Waals surface area contributed by atoms with Crippen LogP contribution in [0.3, 0.4) is 0 Å². The maximum Gasteiger partial charge on any atom is 0.306 e. The Kier molecular flexibility index (Phi) is 12.8. The van der Waals surface area contributed by atoms with Crippen LogP contribution in [0.5, 0.6) is 0 Å². The summed E-state index contributed by atoms with van der Waals surface area (Å²) in [5.41, 5.74) is 0. The third-order valence-electron chi connectivity index (χ3n) is 3.21. The Labute approximate surface area is 132 Å². The van der Waals surface area contributed by atoms with Gasteiger partial charge < -0.3 is 19.7 Å². The van der Waals surface area contributed by atoms with Gasteiger partial charge >= 0.3 is 11.9 Å². The number of aliphatic hydroxyl groups is 2. The van der Waals surface area contributed by atoms with E-state index in [1.165, 1.54) is 0 Å². The number of esters is 2. The van der Waals surface area contributed by atoms with Gasteiger partial charge in [-0.1, -0.05) is 26.7 Å². The zero-order chi connectivity index (χ0) is 16.8. The molecule has 22 heavy (non-hydrogen) atoms. The van der Waals surface area contributed by atoms with E-state index in [-0.39, 0.29) is 26.1 Å². The molecule has 0 saturated heterocycles. The van der Waals surface area contributed by atoms with E-state index in [1.54, 1.807) is 0 Å². The maximum absolute atomic E-state index is 11.4. The van der Waals surface area contributed by atoms with Crippen molar-refractivity contribution in [3.63, 3.8) is 0 Å². The second-order valence-corrected chi connectivity index (χ2v) is 5.40. The molecule has 6 heteroatoms. The van der Waals surface area contributed by atoms with Crippen molar-refractivity contribution in [2.75, 3.05) is 13.2 Å². The number of hydrogen-bond acceptors (Lipinski definition) is 6. The molecule has 0 bridgehead atoms. The minimum Gasteiger partial charge on any atom is -0.466 e. The quantitative estimate of drug-likeness (QED) is 0.504. The highest BCUT2D eigenvalue weighted by atomic mass is 16.5. The molecule has 0 radical (unpaired) electrons. The predicted molar refractivity (Wildman–Crippen MR) is 82.2 cm³/mol. The number of ether oxygens (including phenoxy) is 2. The van der Waals surface area contributed by atoms with E-state index >= 15 is 0 Å². The number of carbonyl (C=O) groups is 2. The second-order valence-electron chi connectivity index (χ2n) is 5.40. The molecule has 0 rings (SSSR count). The summed E-state index contributed by atoms with van der Waals surface area (Å²) in [5, 5.41) is 18.9. The predicted octanol–water partition coefficient (Wildman–Crippen LogP) is 1.96. The fourth-order valence-corrected chi connectivity index (χ4v) is 1.92. The fraction of sp³-hybridized carbons (Fsp3) is 0.875. The average Bonchev–Trinajstić information content (AvgIpc) is 2.45. The van der Waals surface area contributed by atoms with Crippen LogP contribution >= 0.6 is 0 Å². The fourth-order valence-electron chi connectivity index (χ4n) is 1.92.